The van der Waals surface area contributed by atoms with Crippen molar-refractivity contribution >= 4 is 23.3 Å². The molecule has 25 heavy (non-hydrogen) atoms. The third kappa shape index (κ3) is 3.71. The van der Waals surface area contributed by atoms with Gasteiger partial charge in [-0.25, -0.2) is 4.98 Å². The zero-order valence-electron chi connectivity index (χ0n) is 14.0. The van der Waals surface area contributed by atoms with Crippen molar-refractivity contribution < 1.29 is 4.79 Å². The third-order valence-corrected chi connectivity index (χ3v) is 4.86. The van der Waals surface area contributed by atoms with Crippen LogP contribution in [0.3, 0.4) is 0 Å². The van der Waals surface area contributed by atoms with Gasteiger partial charge in [0, 0.05) is 37.4 Å². The Hall–Kier alpha value is -2.68. The van der Waals surface area contributed by atoms with E-state index in [1.54, 1.807) is 4.40 Å². The maximum Gasteiger partial charge on any atom is 0.258 e. The summed E-state index contributed by atoms with van der Waals surface area (Å²) in [6, 6.07) is 7.10. The molecule has 0 fully saturated rings. The summed E-state index contributed by atoms with van der Waals surface area (Å²) in [5.74, 6) is 0.832. The van der Waals surface area contributed by atoms with Gasteiger partial charge < -0.3 is 10.3 Å². The molecular formula is C16H18N6O2S. The van der Waals surface area contributed by atoms with Gasteiger partial charge in [-0.2, -0.15) is 0 Å². The van der Waals surface area contributed by atoms with Crippen molar-refractivity contribution in [3.63, 3.8) is 0 Å². The molecule has 2 N–H and O–H groups in total. The van der Waals surface area contributed by atoms with Gasteiger partial charge in [0.25, 0.3) is 5.56 Å². The lowest BCUT2D eigenvalue weighted by Gasteiger charge is -2.06. The van der Waals surface area contributed by atoms with E-state index in [9.17, 15) is 9.59 Å². The molecule has 0 bridgehead atoms. The Kier molecular flexibility index (Phi) is 4.84. The second-order valence-electron chi connectivity index (χ2n) is 5.66. The van der Waals surface area contributed by atoms with Crippen molar-refractivity contribution in [3.8, 4) is 0 Å². The van der Waals surface area contributed by atoms with Crippen molar-refractivity contribution in [2.75, 3.05) is 0 Å². The lowest BCUT2D eigenvalue weighted by atomic mass is 10.3. The van der Waals surface area contributed by atoms with Crippen molar-refractivity contribution in [1.29, 1.82) is 0 Å². The Bertz CT molecular complexity index is 994. The zero-order valence-corrected chi connectivity index (χ0v) is 14.8. The van der Waals surface area contributed by atoms with Gasteiger partial charge in [-0.05, 0) is 19.1 Å². The van der Waals surface area contributed by atoms with Crippen LogP contribution in [0, 0.1) is 6.92 Å². The van der Waals surface area contributed by atoms with Crippen LogP contribution in [0.4, 0.5) is 0 Å². The molecule has 130 valence electrons. The fraction of sp³-hybridized carbons (Fsp3) is 0.312. The first-order valence-electron chi connectivity index (χ1n) is 7.73. The van der Waals surface area contributed by atoms with Gasteiger partial charge in [-0.3, -0.25) is 14.0 Å². The highest BCUT2D eigenvalue weighted by molar-refractivity contribution is 7.98. The van der Waals surface area contributed by atoms with Crippen LogP contribution in [0.15, 0.2) is 34.2 Å². The number of pyridine rings is 1. The van der Waals surface area contributed by atoms with E-state index in [2.05, 4.69) is 15.2 Å². The maximum absolute atomic E-state index is 12.3. The standard InChI is InChI=1S/C16H18N6O2S/c1-10-4-3-5-13-18-11(8-15(24)22(10)13)9-25-16-20-19-14(21(16)2)7-6-12(17)23/h3-5,8H,6-7,9H2,1-2H3,(H2,17,23). The van der Waals surface area contributed by atoms with Crippen LogP contribution >= 0.6 is 11.8 Å². The Balaban J connectivity index is 1.77. The van der Waals surface area contributed by atoms with Gasteiger partial charge in [0.1, 0.15) is 11.5 Å². The highest BCUT2D eigenvalue weighted by Crippen LogP contribution is 2.20. The number of carbonyl (C=O) groups excluding carboxylic acids is 1. The summed E-state index contributed by atoms with van der Waals surface area (Å²) >= 11 is 1.44. The summed E-state index contributed by atoms with van der Waals surface area (Å²) in [7, 11) is 1.84. The molecule has 0 aliphatic carbocycles. The van der Waals surface area contributed by atoms with E-state index in [-0.39, 0.29) is 17.9 Å². The zero-order chi connectivity index (χ0) is 18.0. The number of nitrogens with zero attached hydrogens (tertiary/aromatic N) is 5. The molecule has 0 radical (unpaired) electrons. The smallest absolute Gasteiger partial charge is 0.258 e. The molecule has 0 atom stereocenters. The van der Waals surface area contributed by atoms with Crippen molar-refractivity contribution in [2.24, 2.45) is 12.8 Å². The van der Waals surface area contributed by atoms with E-state index < -0.39 is 0 Å². The number of aryl methyl sites for hydroxylation is 2. The molecule has 0 saturated carbocycles. The van der Waals surface area contributed by atoms with Gasteiger partial charge in [0.2, 0.25) is 5.91 Å². The van der Waals surface area contributed by atoms with E-state index >= 15 is 0 Å². The van der Waals surface area contributed by atoms with E-state index in [1.807, 2.05) is 36.7 Å². The number of amides is 1. The van der Waals surface area contributed by atoms with Crippen LogP contribution in [-0.2, 0) is 24.0 Å². The fourth-order valence-corrected chi connectivity index (χ4v) is 3.32. The van der Waals surface area contributed by atoms with Crippen LogP contribution in [0.25, 0.3) is 5.65 Å². The first kappa shape index (κ1) is 17.2. The van der Waals surface area contributed by atoms with Gasteiger partial charge in [-0.1, -0.05) is 17.8 Å². The highest BCUT2D eigenvalue weighted by Gasteiger charge is 2.11. The number of nitrogens with two attached hydrogens (primary N) is 1. The molecule has 8 nitrogen and oxygen atoms in total. The molecule has 1 amide bonds. The Labute approximate surface area is 148 Å². The summed E-state index contributed by atoms with van der Waals surface area (Å²) in [5.41, 5.74) is 7.22. The molecule has 0 aliphatic heterocycles. The summed E-state index contributed by atoms with van der Waals surface area (Å²) in [6.45, 7) is 1.87. The van der Waals surface area contributed by atoms with Gasteiger partial charge in [0.05, 0.1) is 5.69 Å². The monoisotopic (exact) mass is 358 g/mol. The molecular weight excluding hydrogens is 340 g/mol. The maximum atomic E-state index is 12.3. The van der Waals surface area contributed by atoms with Gasteiger partial charge in [0.15, 0.2) is 5.16 Å². The largest absolute Gasteiger partial charge is 0.370 e. The molecule has 3 aromatic heterocycles. The third-order valence-electron chi connectivity index (χ3n) is 3.80. The summed E-state index contributed by atoms with van der Waals surface area (Å²) in [5, 5.41) is 8.90. The Morgan fingerprint density at radius 2 is 2.12 bits per heavy atom. The number of fused-ring (bicyclic) bond motifs is 1. The molecule has 0 aliphatic rings. The number of rotatable bonds is 6. The lowest BCUT2D eigenvalue weighted by Crippen LogP contribution is -2.17. The molecule has 0 aromatic carbocycles. The number of aromatic nitrogens is 5. The summed E-state index contributed by atoms with van der Waals surface area (Å²) in [4.78, 5) is 27.7. The summed E-state index contributed by atoms with van der Waals surface area (Å²) < 4.78 is 3.41. The number of hydrogen-bond acceptors (Lipinski definition) is 6. The average Bonchev–Trinajstić information content (AvgIpc) is 2.91. The topological polar surface area (TPSA) is 108 Å². The SMILES string of the molecule is Cc1cccc2nc(CSc3nnc(CCC(N)=O)n3C)cc(=O)n12. The van der Waals surface area contributed by atoms with Crippen molar-refractivity contribution in [2.45, 2.75) is 30.7 Å². The van der Waals surface area contributed by atoms with Crippen LogP contribution in [0.5, 0.6) is 0 Å². The number of carbonyl (C=O) groups is 1. The predicted octanol–water partition coefficient (Wildman–Crippen LogP) is 0.842. The van der Waals surface area contributed by atoms with E-state index in [1.165, 1.54) is 17.8 Å². The molecule has 0 spiro atoms. The Morgan fingerprint density at radius 1 is 1.32 bits per heavy atom. The van der Waals surface area contributed by atoms with Crippen LogP contribution < -0.4 is 11.3 Å². The van der Waals surface area contributed by atoms with Crippen molar-refractivity contribution in [1.82, 2.24) is 24.1 Å². The lowest BCUT2D eigenvalue weighted by molar-refractivity contribution is -0.118. The first-order valence-corrected chi connectivity index (χ1v) is 8.72. The second kappa shape index (κ2) is 7.06. The van der Waals surface area contributed by atoms with Crippen LogP contribution in [0.2, 0.25) is 0 Å². The van der Waals surface area contributed by atoms with Gasteiger partial charge >= 0.3 is 0 Å². The minimum absolute atomic E-state index is 0.0983. The van der Waals surface area contributed by atoms with E-state index in [0.717, 1.165) is 5.69 Å². The van der Waals surface area contributed by atoms with Gasteiger partial charge in [-0.15, -0.1) is 10.2 Å². The number of hydrogen-bond donors (Lipinski definition) is 1. The molecule has 0 unspecified atom stereocenters. The normalized spacial score (nSPS) is 11.1. The van der Waals surface area contributed by atoms with Crippen LogP contribution in [0.1, 0.15) is 23.6 Å². The first-order chi connectivity index (χ1) is 12.0. The van der Waals surface area contributed by atoms with Crippen molar-refractivity contribution in [3.05, 3.63) is 51.8 Å². The number of thioether (sulfide) groups is 1. The quantitative estimate of drug-likeness (QED) is 0.654. The number of primary amides is 1. The fourth-order valence-electron chi connectivity index (χ4n) is 2.50. The molecule has 0 saturated heterocycles. The minimum atomic E-state index is -0.367. The molecule has 3 rings (SSSR count). The predicted molar refractivity (Wildman–Crippen MR) is 94.3 cm³/mol. The Morgan fingerprint density at radius 3 is 2.88 bits per heavy atom. The van der Waals surface area contributed by atoms with E-state index in [0.29, 0.717) is 34.5 Å². The highest BCUT2D eigenvalue weighted by atomic mass is 32.2. The second-order valence-corrected chi connectivity index (χ2v) is 6.60. The molecule has 3 aromatic rings. The van der Waals surface area contributed by atoms with E-state index in [4.69, 9.17) is 5.73 Å². The minimum Gasteiger partial charge on any atom is -0.370 e. The average molecular weight is 358 g/mol. The molecule has 9 heteroatoms. The molecule has 3 heterocycles. The van der Waals surface area contributed by atoms with Crippen LogP contribution in [-0.4, -0.2) is 30.1 Å². The summed E-state index contributed by atoms with van der Waals surface area (Å²) in [6.07, 6.45) is 0.688.